The molecule has 2 nitrogen and oxygen atoms in total. The van der Waals surface area contributed by atoms with Crippen molar-refractivity contribution in [3.63, 3.8) is 0 Å². The standard InChI is InChI=1S/C12H16O2/c1-9(10(2)13)8-11-4-6-12(14-3)7-5-11/h4-7,9H,8H2,1-3H3/t9-/m0/s1. The van der Waals surface area contributed by atoms with Crippen LogP contribution < -0.4 is 4.74 Å². The fraction of sp³-hybridized carbons (Fsp3) is 0.417. The molecule has 0 spiro atoms. The molecule has 0 saturated carbocycles. The van der Waals surface area contributed by atoms with E-state index in [2.05, 4.69) is 0 Å². The van der Waals surface area contributed by atoms with Gasteiger partial charge in [0.1, 0.15) is 11.5 Å². The minimum atomic E-state index is 0.100. The maximum atomic E-state index is 11.0. The van der Waals surface area contributed by atoms with Crippen LogP contribution >= 0.6 is 0 Å². The Balaban J connectivity index is 2.64. The zero-order valence-electron chi connectivity index (χ0n) is 8.91. The summed E-state index contributed by atoms with van der Waals surface area (Å²) in [6.45, 7) is 3.58. The number of ketones is 1. The predicted molar refractivity (Wildman–Crippen MR) is 56.5 cm³/mol. The quantitative estimate of drug-likeness (QED) is 0.732. The van der Waals surface area contributed by atoms with E-state index in [1.807, 2.05) is 31.2 Å². The van der Waals surface area contributed by atoms with Crippen molar-refractivity contribution in [2.45, 2.75) is 20.3 Å². The summed E-state index contributed by atoms with van der Waals surface area (Å²) < 4.78 is 5.05. The smallest absolute Gasteiger partial charge is 0.132 e. The summed E-state index contributed by atoms with van der Waals surface area (Å²) in [6.07, 6.45) is 0.805. The fourth-order valence-corrected chi connectivity index (χ4v) is 1.26. The molecular weight excluding hydrogens is 176 g/mol. The molecular formula is C12H16O2. The molecule has 2 heteroatoms. The zero-order chi connectivity index (χ0) is 10.6. The average molecular weight is 192 g/mol. The van der Waals surface area contributed by atoms with Crippen LogP contribution in [0.2, 0.25) is 0 Å². The molecule has 1 aromatic rings. The third-order valence-corrected chi connectivity index (χ3v) is 2.39. The van der Waals surface area contributed by atoms with Gasteiger partial charge in [0.25, 0.3) is 0 Å². The lowest BCUT2D eigenvalue weighted by atomic mass is 9.98. The number of hydrogen-bond acceptors (Lipinski definition) is 2. The third-order valence-electron chi connectivity index (χ3n) is 2.39. The summed E-state index contributed by atoms with van der Waals surface area (Å²) in [5, 5.41) is 0. The van der Waals surface area contributed by atoms with Crippen LogP contribution in [0.15, 0.2) is 24.3 Å². The van der Waals surface area contributed by atoms with Crippen LogP contribution in [0.3, 0.4) is 0 Å². The Morgan fingerprint density at radius 3 is 2.36 bits per heavy atom. The van der Waals surface area contributed by atoms with Gasteiger partial charge in [-0.3, -0.25) is 4.79 Å². The van der Waals surface area contributed by atoms with Crippen molar-refractivity contribution >= 4 is 5.78 Å². The topological polar surface area (TPSA) is 26.3 Å². The minimum Gasteiger partial charge on any atom is -0.497 e. The molecule has 0 bridgehead atoms. The Kier molecular flexibility index (Phi) is 3.69. The molecule has 0 aliphatic rings. The van der Waals surface area contributed by atoms with Crippen molar-refractivity contribution in [1.82, 2.24) is 0 Å². The highest BCUT2D eigenvalue weighted by Crippen LogP contribution is 2.14. The molecule has 0 N–H and O–H groups in total. The van der Waals surface area contributed by atoms with Gasteiger partial charge in [0.05, 0.1) is 7.11 Å². The van der Waals surface area contributed by atoms with Gasteiger partial charge in [0.15, 0.2) is 0 Å². The lowest BCUT2D eigenvalue weighted by Gasteiger charge is -2.07. The second kappa shape index (κ2) is 4.80. The van der Waals surface area contributed by atoms with Gasteiger partial charge in [-0.25, -0.2) is 0 Å². The molecule has 1 atom stereocenters. The lowest BCUT2D eigenvalue weighted by Crippen LogP contribution is -2.09. The highest BCUT2D eigenvalue weighted by atomic mass is 16.5. The molecule has 1 rings (SSSR count). The highest BCUT2D eigenvalue weighted by molar-refractivity contribution is 5.78. The Hall–Kier alpha value is -1.31. The summed E-state index contributed by atoms with van der Waals surface area (Å²) in [5.41, 5.74) is 1.17. The van der Waals surface area contributed by atoms with E-state index in [4.69, 9.17) is 4.74 Å². The van der Waals surface area contributed by atoms with Crippen LogP contribution in [-0.4, -0.2) is 12.9 Å². The second-order valence-corrected chi connectivity index (χ2v) is 3.56. The first kappa shape index (κ1) is 10.8. The van der Waals surface area contributed by atoms with E-state index in [1.54, 1.807) is 14.0 Å². The van der Waals surface area contributed by atoms with Crippen LogP contribution in [0.25, 0.3) is 0 Å². The molecule has 0 heterocycles. The molecule has 76 valence electrons. The monoisotopic (exact) mass is 192 g/mol. The number of carbonyl (C=O) groups is 1. The van der Waals surface area contributed by atoms with E-state index >= 15 is 0 Å². The Bertz CT molecular complexity index is 301. The molecule has 14 heavy (non-hydrogen) atoms. The molecule has 0 unspecified atom stereocenters. The van der Waals surface area contributed by atoms with Crippen molar-refractivity contribution in [3.8, 4) is 5.75 Å². The van der Waals surface area contributed by atoms with Crippen LogP contribution in [0, 0.1) is 5.92 Å². The minimum absolute atomic E-state index is 0.100. The number of hydrogen-bond donors (Lipinski definition) is 0. The first-order valence-corrected chi connectivity index (χ1v) is 4.77. The van der Waals surface area contributed by atoms with Gasteiger partial charge >= 0.3 is 0 Å². The van der Waals surface area contributed by atoms with E-state index in [-0.39, 0.29) is 11.7 Å². The molecule has 0 fully saturated rings. The average Bonchev–Trinajstić information content (AvgIpc) is 2.19. The van der Waals surface area contributed by atoms with E-state index in [1.165, 1.54) is 5.56 Å². The molecule has 0 saturated heterocycles. The number of Topliss-reactive ketones (excluding diaryl/α,β-unsaturated/α-hetero) is 1. The summed E-state index contributed by atoms with van der Waals surface area (Å²) in [6, 6.07) is 7.83. The predicted octanol–water partition coefficient (Wildman–Crippen LogP) is 2.46. The van der Waals surface area contributed by atoms with Gasteiger partial charge in [-0.1, -0.05) is 19.1 Å². The largest absolute Gasteiger partial charge is 0.497 e. The van der Waals surface area contributed by atoms with Gasteiger partial charge in [-0.05, 0) is 31.0 Å². The first-order valence-electron chi connectivity index (χ1n) is 4.77. The number of benzene rings is 1. The Morgan fingerprint density at radius 2 is 1.93 bits per heavy atom. The van der Waals surface area contributed by atoms with Crippen molar-refractivity contribution in [2.75, 3.05) is 7.11 Å². The first-order chi connectivity index (χ1) is 6.63. The van der Waals surface area contributed by atoms with Crippen LogP contribution in [0.4, 0.5) is 0 Å². The summed E-state index contributed by atoms with van der Waals surface area (Å²) in [4.78, 5) is 11.0. The molecule has 0 aliphatic heterocycles. The number of methoxy groups -OCH3 is 1. The van der Waals surface area contributed by atoms with Crippen LogP contribution in [0.1, 0.15) is 19.4 Å². The number of carbonyl (C=O) groups excluding carboxylic acids is 1. The number of rotatable bonds is 4. The van der Waals surface area contributed by atoms with E-state index in [9.17, 15) is 4.79 Å². The third kappa shape index (κ3) is 2.87. The van der Waals surface area contributed by atoms with Gasteiger partial charge in [-0.15, -0.1) is 0 Å². The van der Waals surface area contributed by atoms with Gasteiger partial charge in [0, 0.05) is 5.92 Å². The van der Waals surface area contributed by atoms with Crippen LogP contribution in [-0.2, 0) is 11.2 Å². The Labute approximate surface area is 84.9 Å². The van der Waals surface area contributed by atoms with Crippen molar-refractivity contribution in [2.24, 2.45) is 5.92 Å². The Morgan fingerprint density at radius 1 is 1.36 bits per heavy atom. The van der Waals surface area contributed by atoms with Crippen molar-refractivity contribution in [1.29, 1.82) is 0 Å². The van der Waals surface area contributed by atoms with E-state index in [0.717, 1.165) is 12.2 Å². The maximum Gasteiger partial charge on any atom is 0.132 e. The molecule has 0 radical (unpaired) electrons. The highest BCUT2D eigenvalue weighted by Gasteiger charge is 2.07. The van der Waals surface area contributed by atoms with Crippen molar-refractivity contribution < 1.29 is 9.53 Å². The van der Waals surface area contributed by atoms with Crippen LogP contribution in [0.5, 0.6) is 5.75 Å². The second-order valence-electron chi connectivity index (χ2n) is 3.56. The fourth-order valence-electron chi connectivity index (χ4n) is 1.26. The summed E-state index contributed by atoms with van der Waals surface area (Å²) in [5.74, 6) is 1.19. The zero-order valence-corrected chi connectivity index (χ0v) is 8.91. The number of ether oxygens (including phenoxy) is 1. The molecule has 0 amide bonds. The lowest BCUT2D eigenvalue weighted by molar-refractivity contribution is -0.120. The normalized spacial score (nSPS) is 12.2. The van der Waals surface area contributed by atoms with E-state index < -0.39 is 0 Å². The summed E-state index contributed by atoms with van der Waals surface area (Å²) >= 11 is 0. The van der Waals surface area contributed by atoms with Gasteiger partial charge in [0.2, 0.25) is 0 Å². The molecule has 1 aromatic carbocycles. The molecule has 0 aliphatic carbocycles. The van der Waals surface area contributed by atoms with Gasteiger partial charge < -0.3 is 4.74 Å². The van der Waals surface area contributed by atoms with E-state index in [0.29, 0.717) is 0 Å². The summed E-state index contributed by atoms with van der Waals surface area (Å²) in [7, 11) is 1.65. The molecule has 0 aromatic heterocycles. The SMILES string of the molecule is COc1ccc(C[C@H](C)C(C)=O)cc1. The van der Waals surface area contributed by atoms with Gasteiger partial charge in [-0.2, -0.15) is 0 Å². The van der Waals surface area contributed by atoms with Crippen molar-refractivity contribution in [3.05, 3.63) is 29.8 Å². The maximum absolute atomic E-state index is 11.0.